The Morgan fingerprint density at radius 1 is 0.381 bits per heavy atom. The van der Waals surface area contributed by atoms with Gasteiger partial charge in [0.2, 0.25) is 5.78 Å². The summed E-state index contributed by atoms with van der Waals surface area (Å²) in [5.41, 5.74) is 9.78. The Hall–Kier alpha value is -6.48. The van der Waals surface area contributed by atoms with E-state index in [1.165, 1.54) is 22.2 Å². The zero-order chi connectivity index (χ0) is 45.7. The minimum absolute atomic E-state index is 0.465. The fraction of sp³-hybridized carbons (Fsp3) is 0.333. The first-order valence-corrected chi connectivity index (χ1v) is 22.2. The van der Waals surface area contributed by atoms with Crippen LogP contribution in [0.3, 0.4) is 0 Å². The fourth-order valence-electron chi connectivity index (χ4n) is 5.94. The smallest absolute Gasteiger partial charge is 0.233 e. The highest BCUT2D eigenvalue weighted by molar-refractivity contribution is 5.50. The summed E-state index contributed by atoms with van der Waals surface area (Å²) in [4.78, 5) is 25.1. The first-order chi connectivity index (χ1) is 30.2. The van der Waals surface area contributed by atoms with Crippen LogP contribution in [0.5, 0.6) is 0 Å². The van der Waals surface area contributed by atoms with E-state index in [0.29, 0.717) is 35.5 Å². The molecule has 0 amide bonds. The van der Waals surface area contributed by atoms with Crippen molar-refractivity contribution in [2.45, 2.75) is 119 Å². The third-order valence-electron chi connectivity index (χ3n) is 10.0. The molecule has 0 saturated carbocycles. The molecule has 9 heteroatoms. The lowest BCUT2D eigenvalue weighted by molar-refractivity contribution is 0.823. The third kappa shape index (κ3) is 16.4. The summed E-state index contributed by atoms with van der Waals surface area (Å²) in [6, 6.07) is 30.6. The van der Waals surface area contributed by atoms with Gasteiger partial charge in [0.1, 0.15) is 5.65 Å². The Morgan fingerprint density at radius 3 is 1.48 bits per heavy atom. The van der Waals surface area contributed by atoms with Crippen LogP contribution in [-0.2, 0) is 0 Å². The van der Waals surface area contributed by atoms with Gasteiger partial charge in [-0.15, -0.1) is 0 Å². The number of hydrogen-bond acceptors (Lipinski definition) is 6. The first-order valence-electron chi connectivity index (χ1n) is 22.2. The molecule has 0 radical (unpaired) electrons. The van der Waals surface area contributed by atoms with E-state index in [9.17, 15) is 0 Å². The molecule has 63 heavy (non-hydrogen) atoms. The molecule has 0 aliphatic heterocycles. The molecule has 0 aliphatic carbocycles. The second-order valence-corrected chi connectivity index (χ2v) is 17.2. The highest BCUT2D eigenvalue weighted by Gasteiger charge is 2.06. The standard InChI is InChI=1S/C11H13N.C10H12N2.C9H11N3.3C8H11N/c1-9(2)10-7-11-5-3-4-6-12(11)8-10;1-8(2)9-7-12-6-4-3-5-10(12)11-9;1-7(2)8-6-12-5-3-4-10-9(12)11-8;1-7(2)8-3-5-9-6-4-8;1-7(2)8-4-3-5-9-6-8;1-7(2)8-5-3-4-6-9-8/h3-9H,1-2H3;3-8H,1-2H3;3-7H,1-2H3;3*3-7H,1-2H3. The maximum absolute atomic E-state index is 4.48. The first kappa shape index (κ1) is 49.2. The highest BCUT2D eigenvalue weighted by Crippen LogP contribution is 2.18. The lowest BCUT2D eigenvalue weighted by Gasteiger charge is -2.01. The molecule has 330 valence electrons. The average molecular weight is 844 g/mol. The molecule has 0 spiro atoms. The third-order valence-corrected chi connectivity index (χ3v) is 10.0. The van der Waals surface area contributed by atoms with Gasteiger partial charge in [-0.05, 0) is 119 Å². The number of nitrogens with zero attached hydrogens (tertiary/aromatic N) is 9. The minimum Gasteiger partial charge on any atom is -0.324 e. The van der Waals surface area contributed by atoms with Gasteiger partial charge < -0.3 is 8.80 Å². The molecular formula is C54H69N9. The Morgan fingerprint density at radius 2 is 0.968 bits per heavy atom. The molecule has 0 atom stereocenters. The van der Waals surface area contributed by atoms with Crippen molar-refractivity contribution in [3.8, 4) is 0 Å². The summed E-state index contributed by atoms with van der Waals surface area (Å²) >= 11 is 0. The predicted octanol–water partition coefficient (Wildman–Crippen LogP) is 14.0. The molecule has 9 nitrogen and oxygen atoms in total. The summed E-state index contributed by atoms with van der Waals surface area (Å²) in [5, 5.41) is 0. The normalized spacial score (nSPS) is 10.8. The molecular weight excluding hydrogens is 775 g/mol. The van der Waals surface area contributed by atoms with Crippen LogP contribution in [0.15, 0.2) is 165 Å². The van der Waals surface area contributed by atoms with Crippen LogP contribution >= 0.6 is 0 Å². The molecule has 9 rings (SSSR count). The molecule has 0 bridgehead atoms. The Balaban J connectivity index is 0.000000167. The fourth-order valence-corrected chi connectivity index (χ4v) is 5.94. The summed E-state index contributed by atoms with van der Waals surface area (Å²) in [7, 11) is 0. The van der Waals surface area contributed by atoms with Gasteiger partial charge in [0, 0.05) is 85.6 Å². The minimum atomic E-state index is 0.465. The van der Waals surface area contributed by atoms with Crippen LogP contribution in [0.4, 0.5) is 0 Å². The molecule has 0 fully saturated rings. The number of hydrogen-bond donors (Lipinski definition) is 0. The van der Waals surface area contributed by atoms with E-state index >= 15 is 0 Å². The number of fused-ring (bicyclic) bond motifs is 3. The van der Waals surface area contributed by atoms with Crippen LogP contribution in [0.1, 0.15) is 152 Å². The van der Waals surface area contributed by atoms with Crippen LogP contribution in [0.25, 0.3) is 16.9 Å². The molecule has 0 unspecified atom stereocenters. The molecule has 9 aromatic heterocycles. The molecule has 9 heterocycles. The van der Waals surface area contributed by atoms with Crippen molar-refractivity contribution in [2.24, 2.45) is 0 Å². The lowest BCUT2D eigenvalue weighted by atomic mass is 10.1. The Bertz CT molecular complexity index is 2200. The second kappa shape index (κ2) is 25.5. The van der Waals surface area contributed by atoms with Gasteiger partial charge in [-0.1, -0.05) is 107 Å². The number of rotatable bonds is 6. The Kier molecular flexibility index (Phi) is 19.9. The van der Waals surface area contributed by atoms with E-state index in [1.54, 1.807) is 12.4 Å². The Labute approximate surface area is 376 Å². The summed E-state index contributed by atoms with van der Waals surface area (Å²) < 4.78 is 6.15. The van der Waals surface area contributed by atoms with E-state index in [0.717, 1.165) is 28.5 Å². The number of pyridine rings is 5. The monoisotopic (exact) mass is 844 g/mol. The van der Waals surface area contributed by atoms with Crippen LogP contribution in [0, 0.1) is 0 Å². The van der Waals surface area contributed by atoms with Gasteiger partial charge in [0.25, 0.3) is 0 Å². The van der Waals surface area contributed by atoms with E-state index < -0.39 is 0 Å². The quantitative estimate of drug-likeness (QED) is 0.166. The van der Waals surface area contributed by atoms with Gasteiger partial charge in [-0.3, -0.25) is 19.4 Å². The van der Waals surface area contributed by atoms with Crippen LogP contribution in [0.2, 0.25) is 0 Å². The van der Waals surface area contributed by atoms with Gasteiger partial charge in [-0.2, -0.15) is 0 Å². The van der Waals surface area contributed by atoms with Gasteiger partial charge >= 0.3 is 0 Å². The molecule has 0 aromatic carbocycles. The van der Waals surface area contributed by atoms with E-state index in [1.807, 2.05) is 108 Å². The van der Waals surface area contributed by atoms with Crippen molar-refractivity contribution in [1.82, 2.24) is 43.1 Å². The van der Waals surface area contributed by atoms with Crippen molar-refractivity contribution in [2.75, 3.05) is 0 Å². The predicted molar refractivity (Wildman–Crippen MR) is 263 cm³/mol. The van der Waals surface area contributed by atoms with E-state index in [4.69, 9.17) is 0 Å². The van der Waals surface area contributed by atoms with E-state index in [-0.39, 0.29) is 0 Å². The van der Waals surface area contributed by atoms with Gasteiger partial charge in [0.15, 0.2) is 0 Å². The molecule has 9 aromatic rings. The van der Waals surface area contributed by atoms with Crippen molar-refractivity contribution < 1.29 is 0 Å². The lowest BCUT2D eigenvalue weighted by Crippen LogP contribution is -1.88. The summed E-state index contributed by atoms with van der Waals surface area (Å²) in [6.45, 7) is 26.0. The summed E-state index contributed by atoms with van der Waals surface area (Å²) in [5.74, 6) is 4.13. The highest BCUT2D eigenvalue weighted by atomic mass is 15.1. The average Bonchev–Trinajstić information content (AvgIpc) is 4.06. The van der Waals surface area contributed by atoms with Crippen LogP contribution in [-0.4, -0.2) is 43.1 Å². The van der Waals surface area contributed by atoms with Gasteiger partial charge in [0.05, 0.1) is 11.4 Å². The maximum Gasteiger partial charge on any atom is 0.233 e. The largest absolute Gasteiger partial charge is 0.324 e. The van der Waals surface area contributed by atoms with Crippen molar-refractivity contribution >= 4 is 16.9 Å². The zero-order valence-electron chi connectivity index (χ0n) is 39.6. The van der Waals surface area contributed by atoms with Crippen molar-refractivity contribution in [3.05, 3.63) is 199 Å². The molecule has 0 aliphatic rings. The zero-order valence-corrected chi connectivity index (χ0v) is 39.6. The van der Waals surface area contributed by atoms with Gasteiger partial charge in [-0.25, -0.2) is 15.0 Å². The summed E-state index contributed by atoms with van der Waals surface area (Å²) in [6.07, 6.45) is 23.3. The molecule has 0 saturated heterocycles. The number of imidazole rings is 2. The van der Waals surface area contributed by atoms with Crippen molar-refractivity contribution in [3.63, 3.8) is 0 Å². The topological polar surface area (TPSA) is 90.6 Å². The van der Waals surface area contributed by atoms with Crippen LogP contribution < -0.4 is 0 Å². The van der Waals surface area contributed by atoms with E-state index in [2.05, 4.69) is 171 Å². The number of aromatic nitrogens is 9. The SMILES string of the molecule is CC(C)c1cc2ccccn2c1.CC(C)c1ccccn1.CC(C)c1cccnc1.CC(C)c1ccncc1.CC(C)c1cn2ccccc2n1.CC(C)c1cn2cccnc2n1. The maximum atomic E-state index is 4.48. The van der Waals surface area contributed by atoms with Crippen molar-refractivity contribution in [1.29, 1.82) is 0 Å². The second-order valence-electron chi connectivity index (χ2n) is 17.2. The molecule has 0 N–H and O–H groups in total.